The lowest BCUT2D eigenvalue weighted by atomic mass is 10.1. The summed E-state index contributed by atoms with van der Waals surface area (Å²) in [5.74, 6) is 2.10. The van der Waals surface area contributed by atoms with Crippen molar-refractivity contribution in [1.29, 1.82) is 0 Å². The molecule has 0 radical (unpaired) electrons. The number of thioether (sulfide) groups is 1. The second-order valence-electron chi connectivity index (χ2n) is 3.81. The first kappa shape index (κ1) is 11.8. The number of carbonyl (C=O) groups is 1. The zero-order chi connectivity index (χ0) is 11.5. The molecule has 1 aromatic rings. The number of hydrogen-bond acceptors (Lipinski definition) is 3. The van der Waals surface area contributed by atoms with E-state index in [9.17, 15) is 4.79 Å². The van der Waals surface area contributed by atoms with E-state index >= 15 is 0 Å². The van der Waals surface area contributed by atoms with E-state index in [2.05, 4.69) is 21.2 Å². The molecule has 0 bridgehead atoms. The van der Waals surface area contributed by atoms with Gasteiger partial charge in [-0.1, -0.05) is 15.9 Å². The van der Waals surface area contributed by atoms with E-state index in [0.717, 1.165) is 22.4 Å². The second-order valence-corrected chi connectivity index (χ2v) is 5.87. The molecule has 1 aromatic carbocycles. The Morgan fingerprint density at radius 2 is 2.31 bits per heavy atom. The number of benzene rings is 1. The van der Waals surface area contributed by atoms with E-state index in [1.54, 1.807) is 18.2 Å². The van der Waals surface area contributed by atoms with Crippen LogP contribution in [0.5, 0.6) is 0 Å². The summed E-state index contributed by atoms with van der Waals surface area (Å²) < 4.78 is 0.832. The van der Waals surface area contributed by atoms with Gasteiger partial charge >= 0.3 is 0 Å². The van der Waals surface area contributed by atoms with Gasteiger partial charge in [0, 0.05) is 27.5 Å². The number of nitrogen functional groups attached to an aromatic ring is 1. The topological polar surface area (TPSA) is 55.1 Å². The minimum Gasteiger partial charge on any atom is -0.399 e. The van der Waals surface area contributed by atoms with Crippen molar-refractivity contribution in [3.8, 4) is 0 Å². The van der Waals surface area contributed by atoms with Gasteiger partial charge in [0.15, 0.2) is 0 Å². The van der Waals surface area contributed by atoms with Crippen LogP contribution in [0.2, 0.25) is 0 Å². The fourth-order valence-electron chi connectivity index (χ4n) is 1.66. The van der Waals surface area contributed by atoms with E-state index in [1.165, 1.54) is 0 Å². The predicted octanol–water partition coefficient (Wildman–Crippen LogP) is 2.27. The Bertz CT molecular complexity index is 385. The molecule has 86 valence electrons. The maximum Gasteiger partial charge on any atom is 0.251 e. The van der Waals surface area contributed by atoms with Crippen molar-refractivity contribution in [1.82, 2.24) is 5.32 Å². The number of anilines is 1. The SMILES string of the molecule is Nc1cc(Br)cc(C(=O)NC2CCSC2)c1. The van der Waals surface area contributed by atoms with E-state index in [4.69, 9.17) is 5.73 Å². The van der Waals surface area contributed by atoms with Crippen LogP contribution in [0.1, 0.15) is 16.8 Å². The van der Waals surface area contributed by atoms with Crippen molar-refractivity contribution in [2.45, 2.75) is 12.5 Å². The smallest absolute Gasteiger partial charge is 0.251 e. The second kappa shape index (κ2) is 5.10. The van der Waals surface area contributed by atoms with Crippen LogP contribution in [0.25, 0.3) is 0 Å². The summed E-state index contributed by atoms with van der Waals surface area (Å²) in [4.78, 5) is 11.9. The quantitative estimate of drug-likeness (QED) is 0.824. The molecule has 1 unspecified atom stereocenters. The van der Waals surface area contributed by atoms with Crippen LogP contribution in [0.15, 0.2) is 22.7 Å². The predicted molar refractivity (Wildman–Crippen MR) is 71.8 cm³/mol. The minimum atomic E-state index is -0.0412. The molecule has 0 spiro atoms. The molecule has 5 heteroatoms. The first-order valence-corrected chi connectivity index (χ1v) is 7.04. The van der Waals surface area contributed by atoms with Crippen LogP contribution < -0.4 is 11.1 Å². The summed E-state index contributed by atoms with van der Waals surface area (Å²) in [5.41, 5.74) is 6.90. The fourth-order valence-corrected chi connectivity index (χ4v) is 3.32. The third-order valence-corrected chi connectivity index (χ3v) is 4.07. The van der Waals surface area contributed by atoms with Gasteiger partial charge in [0.1, 0.15) is 0 Å². The lowest BCUT2D eigenvalue weighted by molar-refractivity contribution is 0.0941. The number of nitrogens with one attached hydrogen (secondary N) is 1. The highest BCUT2D eigenvalue weighted by Crippen LogP contribution is 2.20. The molecule has 1 aliphatic rings. The summed E-state index contributed by atoms with van der Waals surface area (Å²) in [6, 6.07) is 5.57. The van der Waals surface area contributed by atoms with Crippen molar-refractivity contribution in [2.75, 3.05) is 17.2 Å². The Balaban J connectivity index is 2.07. The van der Waals surface area contributed by atoms with Gasteiger partial charge in [0.25, 0.3) is 5.91 Å². The summed E-state index contributed by atoms with van der Waals surface area (Å²) >= 11 is 5.21. The van der Waals surface area contributed by atoms with E-state index in [1.807, 2.05) is 11.8 Å². The molecular weight excluding hydrogens is 288 g/mol. The normalized spacial score (nSPS) is 19.7. The van der Waals surface area contributed by atoms with Crippen molar-refractivity contribution >= 4 is 39.3 Å². The molecule has 0 saturated carbocycles. The monoisotopic (exact) mass is 300 g/mol. The lowest BCUT2D eigenvalue weighted by Gasteiger charge is -2.11. The molecule has 1 amide bonds. The largest absolute Gasteiger partial charge is 0.399 e. The minimum absolute atomic E-state index is 0.0412. The molecule has 3 N–H and O–H groups in total. The first-order valence-electron chi connectivity index (χ1n) is 5.10. The lowest BCUT2D eigenvalue weighted by Crippen LogP contribution is -2.34. The Morgan fingerprint density at radius 3 is 2.94 bits per heavy atom. The zero-order valence-corrected chi connectivity index (χ0v) is 11.1. The van der Waals surface area contributed by atoms with E-state index < -0.39 is 0 Å². The Morgan fingerprint density at radius 1 is 1.50 bits per heavy atom. The average Bonchev–Trinajstić information content (AvgIpc) is 2.68. The van der Waals surface area contributed by atoms with Crippen LogP contribution in [-0.2, 0) is 0 Å². The van der Waals surface area contributed by atoms with Crippen LogP contribution >= 0.6 is 27.7 Å². The number of rotatable bonds is 2. The summed E-state index contributed by atoms with van der Waals surface area (Å²) in [5, 5.41) is 3.01. The highest BCUT2D eigenvalue weighted by molar-refractivity contribution is 9.10. The van der Waals surface area contributed by atoms with Gasteiger partial charge in [0.05, 0.1) is 0 Å². The Hall–Kier alpha value is -0.680. The molecule has 0 aliphatic carbocycles. The third-order valence-electron chi connectivity index (χ3n) is 2.45. The van der Waals surface area contributed by atoms with Gasteiger partial charge in [-0.3, -0.25) is 4.79 Å². The van der Waals surface area contributed by atoms with Gasteiger partial charge in [-0.25, -0.2) is 0 Å². The summed E-state index contributed by atoms with van der Waals surface area (Å²) in [7, 11) is 0. The number of nitrogens with two attached hydrogens (primary N) is 1. The van der Waals surface area contributed by atoms with Gasteiger partial charge < -0.3 is 11.1 Å². The van der Waals surface area contributed by atoms with Crippen LogP contribution in [0.3, 0.4) is 0 Å². The van der Waals surface area contributed by atoms with Crippen LogP contribution in [0, 0.1) is 0 Å². The summed E-state index contributed by atoms with van der Waals surface area (Å²) in [6.45, 7) is 0. The van der Waals surface area contributed by atoms with Crippen molar-refractivity contribution in [3.63, 3.8) is 0 Å². The molecule has 1 saturated heterocycles. The first-order chi connectivity index (χ1) is 7.65. The van der Waals surface area contributed by atoms with Gasteiger partial charge in [0.2, 0.25) is 0 Å². The van der Waals surface area contributed by atoms with Crippen LogP contribution in [-0.4, -0.2) is 23.5 Å². The van der Waals surface area contributed by atoms with Crippen molar-refractivity contribution in [3.05, 3.63) is 28.2 Å². The standard InChI is InChI=1S/C11H13BrN2OS/c12-8-3-7(4-9(13)5-8)11(15)14-10-1-2-16-6-10/h3-5,10H,1-2,6,13H2,(H,14,15). The van der Waals surface area contributed by atoms with Crippen molar-refractivity contribution < 1.29 is 4.79 Å². The number of carbonyl (C=O) groups excluding carboxylic acids is 1. The zero-order valence-electron chi connectivity index (χ0n) is 8.70. The van der Waals surface area contributed by atoms with E-state index in [0.29, 0.717) is 17.3 Å². The maximum atomic E-state index is 11.9. The molecular formula is C11H13BrN2OS. The van der Waals surface area contributed by atoms with Crippen LogP contribution in [0.4, 0.5) is 5.69 Å². The molecule has 1 heterocycles. The third kappa shape index (κ3) is 2.92. The van der Waals surface area contributed by atoms with E-state index in [-0.39, 0.29) is 5.91 Å². The van der Waals surface area contributed by atoms with Crippen molar-refractivity contribution in [2.24, 2.45) is 0 Å². The van der Waals surface area contributed by atoms with Gasteiger partial charge in [-0.2, -0.15) is 11.8 Å². The van der Waals surface area contributed by atoms with Gasteiger partial charge in [-0.05, 0) is 30.4 Å². The molecule has 1 atom stereocenters. The van der Waals surface area contributed by atoms with Gasteiger partial charge in [-0.15, -0.1) is 0 Å². The molecule has 2 rings (SSSR count). The molecule has 16 heavy (non-hydrogen) atoms. The highest BCUT2D eigenvalue weighted by atomic mass is 79.9. The molecule has 1 fully saturated rings. The maximum absolute atomic E-state index is 11.9. The molecule has 0 aromatic heterocycles. The molecule has 3 nitrogen and oxygen atoms in total. The Labute approximate surface area is 107 Å². The fraction of sp³-hybridized carbons (Fsp3) is 0.364. The molecule has 1 aliphatic heterocycles. The Kier molecular flexibility index (Phi) is 3.76. The summed E-state index contributed by atoms with van der Waals surface area (Å²) in [6.07, 6.45) is 1.06. The number of amides is 1. The highest BCUT2D eigenvalue weighted by Gasteiger charge is 2.18. The average molecular weight is 301 g/mol. The number of hydrogen-bond donors (Lipinski definition) is 2. The number of halogens is 1.